The van der Waals surface area contributed by atoms with Crippen molar-refractivity contribution in [2.75, 3.05) is 7.11 Å². The first-order valence-corrected chi connectivity index (χ1v) is 16.3. The summed E-state index contributed by atoms with van der Waals surface area (Å²) in [6.45, 7) is 14.1. The molecule has 0 N–H and O–H groups in total. The largest absolute Gasteiger partial charge is 0.469 e. The lowest BCUT2D eigenvalue weighted by atomic mass is 10.0. The van der Waals surface area contributed by atoms with Crippen LogP contribution in [0.2, 0.25) is 18.1 Å². The predicted molar refractivity (Wildman–Crippen MR) is 138 cm³/mol. The van der Waals surface area contributed by atoms with Crippen molar-refractivity contribution in [1.29, 1.82) is 0 Å². The van der Waals surface area contributed by atoms with Crippen molar-refractivity contribution in [2.24, 2.45) is 0 Å². The molecule has 0 aliphatic rings. The lowest BCUT2D eigenvalue weighted by Gasteiger charge is -2.39. The summed E-state index contributed by atoms with van der Waals surface area (Å²) in [6.07, 6.45) is 21.6. The molecule has 3 nitrogen and oxygen atoms in total. The molecular formula is C27H56O3Si. The molecule has 1 atom stereocenters. The fourth-order valence-electron chi connectivity index (χ4n) is 3.81. The molecule has 0 aliphatic heterocycles. The summed E-state index contributed by atoms with van der Waals surface area (Å²) in [7, 11) is -0.224. The normalized spacial score (nSPS) is 13.4. The molecule has 0 aromatic heterocycles. The van der Waals surface area contributed by atoms with E-state index in [1.165, 1.54) is 97.0 Å². The van der Waals surface area contributed by atoms with Crippen LogP contribution in [0.15, 0.2) is 0 Å². The average Bonchev–Trinajstić information content (AvgIpc) is 2.70. The first-order chi connectivity index (χ1) is 14.6. The SMILES string of the molecule is CCCCCCCCCC(CCCCCCCCCC(=O)OC)O[Si](C)(C)C(C)(C)C. The second-order valence-corrected chi connectivity index (χ2v) is 15.8. The van der Waals surface area contributed by atoms with Gasteiger partial charge in [-0.25, -0.2) is 0 Å². The maximum absolute atomic E-state index is 11.1. The van der Waals surface area contributed by atoms with Crippen LogP contribution >= 0.6 is 0 Å². The van der Waals surface area contributed by atoms with Gasteiger partial charge in [0, 0.05) is 12.5 Å². The van der Waals surface area contributed by atoms with Crippen molar-refractivity contribution >= 4 is 14.3 Å². The Labute approximate surface area is 196 Å². The van der Waals surface area contributed by atoms with Gasteiger partial charge in [0.1, 0.15) is 0 Å². The molecule has 0 heterocycles. The number of carbonyl (C=O) groups is 1. The molecule has 0 saturated heterocycles. The smallest absolute Gasteiger partial charge is 0.305 e. The quantitative estimate of drug-likeness (QED) is 0.104. The molecule has 0 fully saturated rings. The van der Waals surface area contributed by atoms with Crippen LogP contribution in [0.25, 0.3) is 0 Å². The van der Waals surface area contributed by atoms with E-state index in [1.807, 2.05) is 0 Å². The molecular weight excluding hydrogens is 400 g/mol. The lowest BCUT2D eigenvalue weighted by molar-refractivity contribution is -0.140. The molecule has 1 unspecified atom stereocenters. The minimum atomic E-state index is -1.69. The van der Waals surface area contributed by atoms with E-state index < -0.39 is 8.32 Å². The van der Waals surface area contributed by atoms with Gasteiger partial charge in [0.2, 0.25) is 0 Å². The number of ether oxygens (including phenoxy) is 1. The van der Waals surface area contributed by atoms with Crippen molar-refractivity contribution in [3.63, 3.8) is 0 Å². The molecule has 0 amide bonds. The van der Waals surface area contributed by atoms with Crippen LogP contribution in [-0.2, 0) is 14.0 Å². The Morgan fingerprint density at radius 3 is 1.58 bits per heavy atom. The van der Waals surface area contributed by atoms with Crippen LogP contribution in [-0.4, -0.2) is 27.5 Å². The number of carbonyl (C=O) groups excluding carboxylic acids is 1. The summed E-state index contributed by atoms with van der Waals surface area (Å²) in [5, 5.41) is 0.287. The zero-order chi connectivity index (χ0) is 23.6. The first kappa shape index (κ1) is 30.6. The van der Waals surface area contributed by atoms with E-state index in [2.05, 4.69) is 40.8 Å². The van der Waals surface area contributed by atoms with Gasteiger partial charge in [-0.05, 0) is 37.4 Å². The molecule has 0 aliphatic carbocycles. The highest BCUT2D eigenvalue weighted by Crippen LogP contribution is 2.38. The van der Waals surface area contributed by atoms with Gasteiger partial charge in [-0.1, -0.05) is 111 Å². The Kier molecular flexibility index (Phi) is 17.9. The fraction of sp³-hybridized carbons (Fsp3) is 0.963. The number of esters is 1. The zero-order valence-corrected chi connectivity index (χ0v) is 23.3. The van der Waals surface area contributed by atoms with Gasteiger partial charge < -0.3 is 9.16 Å². The maximum Gasteiger partial charge on any atom is 0.305 e. The first-order valence-electron chi connectivity index (χ1n) is 13.4. The molecule has 0 aromatic carbocycles. The number of rotatable bonds is 20. The molecule has 0 bridgehead atoms. The van der Waals surface area contributed by atoms with Gasteiger partial charge in [0.15, 0.2) is 8.32 Å². The average molecular weight is 457 g/mol. The van der Waals surface area contributed by atoms with E-state index in [9.17, 15) is 4.79 Å². The van der Waals surface area contributed by atoms with Crippen LogP contribution < -0.4 is 0 Å². The third-order valence-electron chi connectivity index (χ3n) is 7.03. The van der Waals surface area contributed by atoms with E-state index in [0.717, 1.165) is 12.8 Å². The summed E-state index contributed by atoms with van der Waals surface area (Å²) < 4.78 is 11.5. The maximum atomic E-state index is 11.1. The predicted octanol–water partition coefficient (Wildman–Crippen LogP) is 9.20. The molecule has 0 saturated carbocycles. The van der Waals surface area contributed by atoms with E-state index in [-0.39, 0.29) is 11.0 Å². The van der Waals surface area contributed by atoms with Gasteiger partial charge in [-0.15, -0.1) is 0 Å². The van der Waals surface area contributed by atoms with Gasteiger partial charge in [-0.3, -0.25) is 4.79 Å². The summed E-state index contributed by atoms with van der Waals surface area (Å²) >= 11 is 0. The minimum absolute atomic E-state index is 0.0752. The second-order valence-electron chi connectivity index (χ2n) is 11.0. The highest BCUT2D eigenvalue weighted by atomic mass is 28.4. The van der Waals surface area contributed by atoms with E-state index in [4.69, 9.17) is 9.16 Å². The molecule has 0 radical (unpaired) electrons. The number of hydrogen-bond acceptors (Lipinski definition) is 3. The van der Waals surface area contributed by atoms with Gasteiger partial charge in [0.05, 0.1) is 7.11 Å². The summed E-state index contributed by atoms with van der Waals surface area (Å²) in [6, 6.07) is 0. The number of unbranched alkanes of at least 4 members (excludes halogenated alkanes) is 12. The Balaban J connectivity index is 4.14. The lowest BCUT2D eigenvalue weighted by Crippen LogP contribution is -2.44. The van der Waals surface area contributed by atoms with E-state index in [0.29, 0.717) is 12.5 Å². The van der Waals surface area contributed by atoms with Crippen LogP contribution in [0, 0.1) is 0 Å². The van der Waals surface area contributed by atoms with E-state index >= 15 is 0 Å². The van der Waals surface area contributed by atoms with Gasteiger partial charge in [-0.2, -0.15) is 0 Å². The standard InChI is InChI=1S/C27H56O3Si/c1-8-9-10-11-13-16-19-22-25(30-31(6,7)27(2,3)4)23-20-17-14-12-15-18-21-24-26(28)29-5/h25H,8-24H2,1-7H3. The minimum Gasteiger partial charge on any atom is -0.469 e. The highest BCUT2D eigenvalue weighted by molar-refractivity contribution is 6.74. The van der Waals surface area contributed by atoms with Crippen LogP contribution in [0.1, 0.15) is 137 Å². The van der Waals surface area contributed by atoms with Crippen LogP contribution in [0.5, 0.6) is 0 Å². The Morgan fingerprint density at radius 2 is 1.16 bits per heavy atom. The van der Waals surface area contributed by atoms with Crippen LogP contribution in [0.4, 0.5) is 0 Å². The molecule has 31 heavy (non-hydrogen) atoms. The molecule has 0 aromatic rings. The third kappa shape index (κ3) is 16.9. The number of hydrogen-bond donors (Lipinski definition) is 0. The summed E-state index contributed by atoms with van der Waals surface area (Å²) in [5.41, 5.74) is 0. The molecule has 0 spiro atoms. The Bertz CT molecular complexity index is 429. The van der Waals surface area contributed by atoms with Crippen molar-refractivity contribution < 1.29 is 14.0 Å². The van der Waals surface area contributed by atoms with Gasteiger partial charge in [0.25, 0.3) is 0 Å². The number of methoxy groups -OCH3 is 1. The molecule has 0 rings (SSSR count). The zero-order valence-electron chi connectivity index (χ0n) is 22.3. The van der Waals surface area contributed by atoms with Crippen molar-refractivity contribution in [3.8, 4) is 0 Å². The molecule has 4 heteroatoms. The Morgan fingerprint density at radius 1 is 0.742 bits per heavy atom. The molecule has 186 valence electrons. The summed E-state index contributed by atoms with van der Waals surface area (Å²) in [4.78, 5) is 11.1. The monoisotopic (exact) mass is 456 g/mol. The van der Waals surface area contributed by atoms with Crippen LogP contribution in [0.3, 0.4) is 0 Å². The van der Waals surface area contributed by atoms with Crippen molar-refractivity contribution in [2.45, 2.75) is 161 Å². The topological polar surface area (TPSA) is 35.5 Å². The third-order valence-corrected chi connectivity index (χ3v) is 11.6. The fourth-order valence-corrected chi connectivity index (χ4v) is 5.23. The van der Waals surface area contributed by atoms with Crippen molar-refractivity contribution in [3.05, 3.63) is 0 Å². The van der Waals surface area contributed by atoms with Crippen molar-refractivity contribution in [1.82, 2.24) is 0 Å². The van der Waals surface area contributed by atoms with E-state index in [1.54, 1.807) is 0 Å². The second kappa shape index (κ2) is 18.1. The van der Waals surface area contributed by atoms with Gasteiger partial charge >= 0.3 is 5.97 Å². The Hall–Kier alpha value is -0.353. The summed E-state index contributed by atoms with van der Waals surface area (Å²) in [5.74, 6) is -0.0752. The highest BCUT2D eigenvalue weighted by Gasteiger charge is 2.38.